The second-order valence-corrected chi connectivity index (χ2v) is 23.8. The summed E-state index contributed by atoms with van der Waals surface area (Å²) in [6.45, 7) is 3.86. The van der Waals surface area contributed by atoms with Gasteiger partial charge in [0.2, 0.25) is 0 Å². The maximum absolute atomic E-state index is 12.8. The van der Waals surface area contributed by atoms with E-state index in [2.05, 4.69) is 251 Å². The first-order valence-corrected chi connectivity index (χ1v) is 35.2. The van der Waals surface area contributed by atoms with Crippen molar-refractivity contribution in [2.75, 3.05) is 47.5 Å². The average molecular weight is 1250 g/mol. The van der Waals surface area contributed by atoms with Crippen molar-refractivity contribution in [3.8, 4) is 0 Å². The van der Waals surface area contributed by atoms with Gasteiger partial charge >= 0.3 is 11.9 Å². The predicted octanol–water partition coefficient (Wildman–Crippen LogP) is 21.7. The van der Waals surface area contributed by atoms with E-state index in [1.807, 2.05) is 27.2 Å². The Bertz CT molecular complexity index is 2420. The molecule has 0 aromatic rings. The van der Waals surface area contributed by atoms with Gasteiger partial charge < -0.3 is 27.9 Å². The SMILES string of the molecule is CC/C=C\C/C=C\C/C=C\C/C=C\C/C=C\C/C=C\C/C=C\C/C=C\C/C=C\C/C=C\C/C=C\CCCCCC(=O)OC(COC(=O)CCC/C=C\C/C=C\C/C=C\C/C=C\C/C=C\C/C=C\C/C=C\C/C=C\C/C=C\CC)COP(=O)([O-])OCC[N+](C)(C)C. The van der Waals surface area contributed by atoms with Crippen LogP contribution >= 0.6 is 7.82 Å². The number of hydrogen-bond donors (Lipinski definition) is 0. The standard InChI is InChI=1S/C80H120NO8P/c1-6-8-10-12-14-16-18-20-22-24-26-28-30-32-34-36-37-38-39-40-41-42-43-45-47-49-51-53-55-57-59-61-63-65-67-69-71-73-80(83)89-78(77-88-90(84,85)87-75-74-81(3,4)5)76-86-79(82)72-70-68-66-64-62-60-58-56-54-52-50-48-46-44-35-33-31-29-27-25-23-21-19-17-15-13-11-9-7-2/h8-11,14-17,20-23,26-29,32-35,37-38,40-41,43,45-46,48-49,51-52,54-55,57-58,60-61,63-64,66,78H,6-7,12-13,18-19,24-25,30-31,36,39,42,44,47,50,53,56,59,62,65,67-77H2,1-5H3/b10-8-,11-9-,16-14-,17-15-,22-20-,23-21-,28-26-,29-27-,34-32-,35-33-,38-37-,41-40-,45-43-,48-46-,51-49-,54-52-,57-55-,60-58-,63-61-,66-64-. The molecule has 2 atom stereocenters. The second-order valence-electron chi connectivity index (χ2n) is 22.4. The smallest absolute Gasteiger partial charge is 0.306 e. The van der Waals surface area contributed by atoms with E-state index in [1.54, 1.807) is 0 Å². The molecule has 0 aliphatic rings. The van der Waals surface area contributed by atoms with Crippen LogP contribution in [0, 0.1) is 0 Å². The van der Waals surface area contributed by atoms with Crippen LogP contribution in [0.15, 0.2) is 243 Å². The molecular weight excluding hydrogens is 1130 g/mol. The van der Waals surface area contributed by atoms with E-state index in [1.165, 1.54) is 0 Å². The Morgan fingerprint density at radius 3 is 0.900 bits per heavy atom. The Hall–Kier alpha value is -6.19. The number of ether oxygens (including phenoxy) is 2. The van der Waals surface area contributed by atoms with E-state index in [-0.39, 0.29) is 26.1 Å². The lowest BCUT2D eigenvalue weighted by atomic mass is 10.1. The largest absolute Gasteiger partial charge is 0.756 e. The fourth-order valence-electron chi connectivity index (χ4n) is 7.78. The number of phosphoric acid groups is 1. The minimum Gasteiger partial charge on any atom is -0.756 e. The molecule has 0 bridgehead atoms. The van der Waals surface area contributed by atoms with Gasteiger partial charge in [-0.3, -0.25) is 14.2 Å². The van der Waals surface area contributed by atoms with Crippen molar-refractivity contribution >= 4 is 19.8 Å². The highest BCUT2D eigenvalue weighted by atomic mass is 31.2. The fourth-order valence-corrected chi connectivity index (χ4v) is 8.51. The molecule has 0 spiro atoms. The summed E-state index contributed by atoms with van der Waals surface area (Å²) < 4.78 is 34.1. The average Bonchev–Trinajstić information content (AvgIpc) is 3.58. The summed E-state index contributed by atoms with van der Waals surface area (Å²) in [6.07, 6.45) is 111. The third-order valence-corrected chi connectivity index (χ3v) is 13.8. The molecule has 2 unspecified atom stereocenters. The highest BCUT2D eigenvalue weighted by Crippen LogP contribution is 2.38. The van der Waals surface area contributed by atoms with Crippen LogP contribution in [-0.2, 0) is 32.7 Å². The number of esters is 2. The molecule has 0 N–H and O–H groups in total. The monoisotopic (exact) mass is 1250 g/mol. The number of hydrogen-bond acceptors (Lipinski definition) is 8. The van der Waals surface area contributed by atoms with E-state index in [0.717, 1.165) is 148 Å². The second kappa shape index (κ2) is 67.2. The summed E-state index contributed by atoms with van der Waals surface area (Å²) in [5.41, 5.74) is 0. The molecule has 9 nitrogen and oxygen atoms in total. The molecule has 0 aromatic heterocycles. The van der Waals surface area contributed by atoms with Gasteiger partial charge in [-0.2, -0.15) is 0 Å². The number of likely N-dealkylation sites (N-methyl/N-ethyl adjacent to an activating group) is 1. The van der Waals surface area contributed by atoms with Crippen LogP contribution < -0.4 is 4.89 Å². The van der Waals surface area contributed by atoms with Crippen molar-refractivity contribution in [3.05, 3.63) is 243 Å². The lowest BCUT2D eigenvalue weighted by Gasteiger charge is -2.28. The normalized spacial score (nSPS) is 14.7. The fraction of sp³-hybridized carbons (Fsp3) is 0.475. The molecule has 0 aromatic carbocycles. The lowest BCUT2D eigenvalue weighted by molar-refractivity contribution is -0.870. The molecule has 90 heavy (non-hydrogen) atoms. The van der Waals surface area contributed by atoms with Crippen LogP contribution in [0.3, 0.4) is 0 Å². The molecule has 0 heterocycles. The Labute approximate surface area is 549 Å². The molecule has 0 rings (SSSR count). The zero-order valence-electron chi connectivity index (χ0n) is 56.5. The first kappa shape index (κ1) is 83.8. The van der Waals surface area contributed by atoms with Crippen molar-refractivity contribution in [1.29, 1.82) is 0 Å². The number of nitrogens with zero attached hydrogens (tertiary/aromatic N) is 1. The summed E-state index contributed by atoms with van der Waals surface area (Å²) in [4.78, 5) is 38.0. The number of phosphoric ester groups is 1. The Morgan fingerprint density at radius 1 is 0.344 bits per heavy atom. The van der Waals surface area contributed by atoms with E-state index in [9.17, 15) is 19.0 Å². The maximum atomic E-state index is 12.8. The summed E-state index contributed by atoms with van der Waals surface area (Å²) in [6, 6.07) is 0. The highest BCUT2D eigenvalue weighted by Gasteiger charge is 2.21. The Morgan fingerprint density at radius 2 is 0.611 bits per heavy atom. The van der Waals surface area contributed by atoms with Crippen LogP contribution in [0.5, 0.6) is 0 Å². The number of allylic oxidation sites excluding steroid dienone is 40. The Balaban J connectivity index is 4.35. The van der Waals surface area contributed by atoms with Crippen LogP contribution in [0.1, 0.15) is 194 Å². The summed E-state index contributed by atoms with van der Waals surface area (Å²) >= 11 is 0. The van der Waals surface area contributed by atoms with Crippen molar-refractivity contribution in [1.82, 2.24) is 0 Å². The number of carbonyl (C=O) groups is 2. The first-order valence-electron chi connectivity index (χ1n) is 33.7. The van der Waals surface area contributed by atoms with Gasteiger partial charge in [0, 0.05) is 12.8 Å². The molecule has 0 saturated carbocycles. The zero-order valence-corrected chi connectivity index (χ0v) is 57.4. The van der Waals surface area contributed by atoms with Crippen molar-refractivity contribution in [3.63, 3.8) is 0 Å². The molecule has 10 heteroatoms. The molecule has 0 radical (unpaired) electrons. The van der Waals surface area contributed by atoms with Gasteiger partial charge in [0.05, 0.1) is 27.7 Å². The molecule has 0 aliphatic heterocycles. The van der Waals surface area contributed by atoms with Crippen molar-refractivity contribution < 1.29 is 42.1 Å². The molecule has 0 aliphatic carbocycles. The van der Waals surface area contributed by atoms with Crippen LogP contribution in [0.2, 0.25) is 0 Å². The summed E-state index contributed by atoms with van der Waals surface area (Å²) in [5, 5.41) is 0. The highest BCUT2D eigenvalue weighted by molar-refractivity contribution is 7.45. The van der Waals surface area contributed by atoms with Crippen LogP contribution in [0.4, 0.5) is 0 Å². The first-order chi connectivity index (χ1) is 44.0. The van der Waals surface area contributed by atoms with E-state index in [0.29, 0.717) is 30.3 Å². The maximum Gasteiger partial charge on any atom is 0.306 e. The minimum absolute atomic E-state index is 0.0621. The minimum atomic E-state index is -4.69. The zero-order chi connectivity index (χ0) is 65.5. The van der Waals surface area contributed by atoms with E-state index < -0.39 is 32.5 Å². The van der Waals surface area contributed by atoms with E-state index >= 15 is 0 Å². The number of carbonyl (C=O) groups excluding carboxylic acids is 2. The van der Waals surface area contributed by atoms with Crippen molar-refractivity contribution in [2.45, 2.75) is 200 Å². The van der Waals surface area contributed by atoms with Gasteiger partial charge in [0.25, 0.3) is 7.82 Å². The van der Waals surface area contributed by atoms with Crippen LogP contribution in [0.25, 0.3) is 0 Å². The van der Waals surface area contributed by atoms with Gasteiger partial charge in [0.15, 0.2) is 6.10 Å². The molecule has 0 fully saturated rings. The topological polar surface area (TPSA) is 111 Å². The number of unbranched alkanes of at least 4 members (excludes halogenated alkanes) is 4. The quantitative estimate of drug-likeness (QED) is 0.0195. The lowest BCUT2D eigenvalue weighted by Crippen LogP contribution is -2.37. The predicted molar refractivity (Wildman–Crippen MR) is 387 cm³/mol. The number of rotatable bonds is 58. The third-order valence-electron chi connectivity index (χ3n) is 12.9. The van der Waals surface area contributed by atoms with E-state index in [4.69, 9.17) is 18.5 Å². The molecule has 0 saturated heterocycles. The molecular formula is C80H120NO8P. The number of quaternary nitrogens is 1. The van der Waals surface area contributed by atoms with Crippen molar-refractivity contribution in [2.24, 2.45) is 0 Å². The van der Waals surface area contributed by atoms with Gasteiger partial charge in [-0.15, -0.1) is 0 Å². The molecule has 0 amide bonds. The Kier molecular flexibility index (Phi) is 62.6. The van der Waals surface area contributed by atoms with Gasteiger partial charge in [-0.05, 0) is 161 Å². The van der Waals surface area contributed by atoms with Gasteiger partial charge in [-0.1, -0.05) is 263 Å². The van der Waals surface area contributed by atoms with Gasteiger partial charge in [-0.25, -0.2) is 0 Å². The summed E-state index contributed by atoms with van der Waals surface area (Å²) in [5.74, 6) is -0.967. The van der Waals surface area contributed by atoms with Gasteiger partial charge in [0.1, 0.15) is 19.8 Å². The molecule has 498 valence electrons. The summed E-state index contributed by atoms with van der Waals surface area (Å²) in [7, 11) is 1.07. The third kappa shape index (κ3) is 70.9. The van der Waals surface area contributed by atoms with Crippen LogP contribution in [-0.4, -0.2) is 70.0 Å².